The smallest absolute Gasteiger partial charge is 0.274 e. The Bertz CT molecular complexity index is 868. The van der Waals surface area contributed by atoms with Crippen LogP contribution in [0.3, 0.4) is 0 Å². The average Bonchev–Trinajstić information content (AvgIpc) is 3.39. The van der Waals surface area contributed by atoms with Gasteiger partial charge in [0, 0.05) is 25.7 Å². The Morgan fingerprint density at radius 1 is 1.31 bits per heavy atom. The van der Waals surface area contributed by atoms with E-state index < -0.39 is 0 Å². The summed E-state index contributed by atoms with van der Waals surface area (Å²) in [5, 5.41) is 10.5. The van der Waals surface area contributed by atoms with E-state index in [0.717, 1.165) is 25.1 Å². The Morgan fingerprint density at radius 3 is 2.88 bits per heavy atom. The van der Waals surface area contributed by atoms with E-state index in [2.05, 4.69) is 46.7 Å². The number of nitrogens with zero attached hydrogens (tertiary/aromatic N) is 2. The lowest BCUT2D eigenvalue weighted by Crippen LogP contribution is -2.48. The van der Waals surface area contributed by atoms with Crippen LogP contribution >= 0.6 is 0 Å². The van der Waals surface area contributed by atoms with Gasteiger partial charge in [0.15, 0.2) is 11.5 Å². The predicted octanol–water partition coefficient (Wildman–Crippen LogP) is 3.02. The van der Waals surface area contributed by atoms with Crippen molar-refractivity contribution in [2.45, 2.75) is 19.4 Å². The lowest BCUT2D eigenvalue weighted by Gasteiger charge is -2.36. The molecule has 1 fully saturated rings. The van der Waals surface area contributed by atoms with Crippen LogP contribution in [-0.4, -0.2) is 40.6 Å². The molecule has 2 N–H and O–H groups in total. The van der Waals surface area contributed by atoms with Crippen molar-refractivity contribution in [1.29, 1.82) is 0 Å². The largest absolute Gasteiger partial charge is 0.463 e. The zero-order valence-electron chi connectivity index (χ0n) is 14.7. The van der Waals surface area contributed by atoms with Gasteiger partial charge in [-0.1, -0.05) is 31.2 Å². The van der Waals surface area contributed by atoms with Gasteiger partial charge in [0.2, 0.25) is 0 Å². The van der Waals surface area contributed by atoms with Crippen LogP contribution in [0.2, 0.25) is 0 Å². The number of amides is 1. The normalized spacial score (nSPS) is 17.4. The fraction of sp³-hybridized carbons (Fsp3) is 0.300. The molecular weight excluding hydrogens is 328 g/mol. The van der Waals surface area contributed by atoms with Gasteiger partial charge in [0.25, 0.3) is 5.91 Å². The van der Waals surface area contributed by atoms with Crippen molar-refractivity contribution in [2.24, 2.45) is 0 Å². The van der Waals surface area contributed by atoms with E-state index in [0.29, 0.717) is 23.7 Å². The molecule has 26 heavy (non-hydrogen) atoms. The highest BCUT2D eigenvalue weighted by molar-refractivity contribution is 5.93. The Labute approximate surface area is 152 Å². The highest BCUT2D eigenvalue weighted by Crippen LogP contribution is 2.25. The highest BCUT2D eigenvalue weighted by atomic mass is 16.3. The summed E-state index contributed by atoms with van der Waals surface area (Å²) in [7, 11) is 0. The molecule has 1 aromatic carbocycles. The SMILES string of the molecule is CCc1ccc(C2CNCCN2C(=O)c2cc(-c3ccco3)[nH]n2)cc1. The van der Waals surface area contributed by atoms with E-state index in [1.807, 2.05) is 17.0 Å². The van der Waals surface area contributed by atoms with E-state index in [4.69, 9.17) is 4.42 Å². The van der Waals surface area contributed by atoms with Crippen LogP contribution in [0.1, 0.15) is 34.6 Å². The van der Waals surface area contributed by atoms with Crippen LogP contribution < -0.4 is 5.32 Å². The Hall–Kier alpha value is -2.86. The van der Waals surface area contributed by atoms with E-state index in [9.17, 15) is 4.79 Å². The van der Waals surface area contributed by atoms with Crippen molar-refractivity contribution in [2.75, 3.05) is 19.6 Å². The molecule has 1 atom stereocenters. The maximum Gasteiger partial charge on any atom is 0.274 e. The molecule has 3 aromatic rings. The van der Waals surface area contributed by atoms with E-state index in [1.54, 1.807) is 12.3 Å². The van der Waals surface area contributed by atoms with Crippen molar-refractivity contribution < 1.29 is 9.21 Å². The number of benzene rings is 1. The molecule has 1 saturated heterocycles. The standard InChI is InChI=1S/C20H22N4O2/c1-2-14-5-7-15(8-6-14)18-13-21-9-10-24(18)20(25)17-12-16(22-23-17)19-4-3-11-26-19/h3-8,11-12,18,21H,2,9-10,13H2,1H3,(H,22,23). The minimum absolute atomic E-state index is 0.00548. The molecule has 0 bridgehead atoms. The topological polar surface area (TPSA) is 74.2 Å². The van der Waals surface area contributed by atoms with Gasteiger partial charge in [-0.3, -0.25) is 9.89 Å². The lowest BCUT2D eigenvalue weighted by atomic mass is 10.0. The van der Waals surface area contributed by atoms with Crippen LogP contribution in [0.5, 0.6) is 0 Å². The Kier molecular flexibility index (Phi) is 4.58. The first kappa shape index (κ1) is 16.6. The van der Waals surface area contributed by atoms with Crippen molar-refractivity contribution >= 4 is 5.91 Å². The second-order valence-corrected chi connectivity index (χ2v) is 6.46. The molecular formula is C20H22N4O2. The maximum absolute atomic E-state index is 13.1. The molecule has 6 nitrogen and oxygen atoms in total. The van der Waals surface area contributed by atoms with Gasteiger partial charge in [-0.05, 0) is 29.7 Å². The highest BCUT2D eigenvalue weighted by Gasteiger charge is 2.30. The molecule has 0 saturated carbocycles. The molecule has 0 spiro atoms. The number of furan rings is 1. The van der Waals surface area contributed by atoms with Gasteiger partial charge in [0.1, 0.15) is 5.69 Å². The number of aryl methyl sites for hydroxylation is 1. The maximum atomic E-state index is 13.1. The van der Waals surface area contributed by atoms with E-state index in [-0.39, 0.29) is 11.9 Å². The fourth-order valence-electron chi connectivity index (χ4n) is 3.36. The molecule has 6 heteroatoms. The quantitative estimate of drug-likeness (QED) is 0.758. The average molecular weight is 350 g/mol. The second-order valence-electron chi connectivity index (χ2n) is 6.46. The molecule has 134 valence electrons. The van der Waals surface area contributed by atoms with Crippen LogP contribution in [-0.2, 0) is 6.42 Å². The first-order valence-electron chi connectivity index (χ1n) is 8.96. The Balaban J connectivity index is 1.58. The van der Waals surface area contributed by atoms with Gasteiger partial charge < -0.3 is 14.6 Å². The molecule has 1 amide bonds. The fourth-order valence-corrected chi connectivity index (χ4v) is 3.36. The van der Waals surface area contributed by atoms with E-state index >= 15 is 0 Å². The summed E-state index contributed by atoms with van der Waals surface area (Å²) in [5.41, 5.74) is 3.56. The first-order valence-corrected chi connectivity index (χ1v) is 8.96. The zero-order valence-corrected chi connectivity index (χ0v) is 14.7. The van der Waals surface area contributed by atoms with Crippen LogP contribution in [0.4, 0.5) is 0 Å². The summed E-state index contributed by atoms with van der Waals surface area (Å²) < 4.78 is 5.36. The third-order valence-corrected chi connectivity index (χ3v) is 4.86. The van der Waals surface area contributed by atoms with Gasteiger partial charge in [0.05, 0.1) is 12.3 Å². The molecule has 3 heterocycles. The minimum Gasteiger partial charge on any atom is -0.463 e. The summed E-state index contributed by atoms with van der Waals surface area (Å²) in [6.45, 7) is 4.32. The molecule has 0 radical (unpaired) electrons. The van der Waals surface area contributed by atoms with Gasteiger partial charge in [-0.25, -0.2) is 0 Å². The van der Waals surface area contributed by atoms with Gasteiger partial charge in [-0.2, -0.15) is 5.10 Å². The summed E-state index contributed by atoms with van der Waals surface area (Å²) in [5.74, 6) is 0.605. The first-order chi connectivity index (χ1) is 12.8. The van der Waals surface area contributed by atoms with Crippen molar-refractivity contribution in [3.63, 3.8) is 0 Å². The monoisotopic (exact) mass is 350 g/mol. The number of H-pyrrole nitrogens is 1. The number of nitrogens with one attached hydrogen (secondary N) is 2. The molecule has 1 aliphatic rings. The van der Waals surface area contributed by atoms with Crippen LogP contribution in [0.25, 0.3) is 11.5 Å². The zero-order chi connectivity index (χ0) is 17.9. The van der Waals surface area contributed by atoms with Crippen molar-refractivity contribution in [1.82, 2.24) is 20.4 Å². The summed E-state index contributed by atoms with van der Waals surface area (Å²) >= 11 is 0. The number of piperazine rings is 1. The molecule has 4 rings (SSSR count). The number of aromatic nitrogens is 2. The summed E-state index contributed by atoms with van der Waals surface area (Å²) in [6.07, 6.45) is 2.61. The number of aromatic amines is 1. The number of hydrogen-bond acceptors (Lipinski definition) is 4. The third kappa shape index (κ3) is 3.15. The second kappa shape index (κ2) is 7.17. The summed E-state index contributed by atoms with van der Waals surface area (Å²) in [4.78, 5) is 15.0. The molecule has 0 aliphatic carbocycles. The lowest BCUT2D eigenvalue weighted by molar-refractivity contribution is 0.0628. The van der Waals surface area contributed by atoms with Crippen molar-refractivity contribution in [3.05, 3.63) is 65.5 Å². The number of carbonyl (C=O) groups excluding carboxylic acids is 1. The molecule has 1 unspecified atom stereocenters. The van der Waals surface area contributed by atoms with Gasteiger partial charge in [-0.15, -0.1) is 0 Å². The van der Waals surface area contributed by atoms with E-state index in [1.165, 1.54) is 5.56 Å². The predicted molar refractivity (Wildman–Crippen MR) is 98.8 cm³/mol. The van der Waals surface area contributed by atoms with Gasteiger partial charge >= 0.3 is 0 Å². The molecule has 2 aromatic heterocycles. The van der Waals surface area contributed by atoms with Crippen LogP contribution in [0.15, 0.2) is 53.1 Å². The molecule has 1 aliphatic heterocycles. The van der Waals surface area contributed by atoms with Crippen LogP contribution in [0, 0.1) is 0 Å². The van der Waals surface area contributed by atoms with Crippen molar-refractivity contribution in [3.8, 4) is 11.5 Å². The number of hydrogen-bond donors (Lipinski definition) is 2. The minimum atomic E-state index is -0.0647. The third-order valence-electron chi connectivity index (χ3n) is 4.86. The number of rotatable bonds is 4. The number of carbonyl (C=O) groups is 1. The summed E-state index contributed by atoms with van der Waals surface area (Å²) in [6, 6.07) is 13.9. The Morgan fingerprint density at radius 2 is 2.15 bits per heavy atom.